The zero-order valence-corrected chi connectivity index (χ0v) is 11.2. The Morgan fingerprint density at radius 2 is 2.14 bits per heavy atom. The van der Waals surface area contributed by atoms with E-state index in [0.29, 0.717) is 5.56 Å². The molecule has 1 heterocycles. The number of nitrogens with zero attached hydrogens (tertiary/aromatic N) is 1. The van der Waals surface area contributed by atoms with E-state index < -0.39 is 0 Å². The number of alkyl halides is 2. The summed E-state index contributed by atoms with van der Waals surface area (Å²) in [4.78, 5) is 15.1. The van der Waals surface area contributed by atoms with Crippen molar-refractivity contribution in [2.45, 2.75) is 3.74 Å². The van der Waals surface area contributed by atoms with Gasteiger partial charge in [-0.05, 0) is 12.1 Å². The molecule has 1 aromatic rings. The number of halogens is 3. The molecule has 0 aromatic carbocycles. The lowest BCUT2D eigenvalue weighted by molar-refractivity contribution is 0.0600. The van der Waals surface area contributed by atoms with Crippen molar-refractivity contribution in [3.8, 4) is 0 Å². The minimum atomic E-state index is -0.375. The lowest BCUT2D eigenvalue weighted by Crippen LogP contribution is -2.02. The van der Waals surface area contributed by atoms with Crippen LogP contribution >= 0.6 is 44.3 Å². The van der Waals surface area contributed by atoms with Gasteiger partial charge in [-0.2, -0.15) is 0 Å². The van der Waals surface area contributed by atoms with Crippen LogP contribution in [0.5, 0.6) is 0 Å². The summed E-state index contributed by atoms with van der Waals surface area (Å²) in [6.45, 7) is 0. The summed E-state index contributed by atoms with van der Waals surface area (Å²) >= 11 is 6.60. The molecular formula is C8H8Br2ClNO2. The van der Waals surface area contributed by atoms with E-state index in [1.807, 2.05) is 0 Å². The van der Waals surface area contributed by atoms with Crippen molar-refractivity contribution in [2.75, 3.05) is 7.11 Å². The maximum atomic E-state index is 11.0. The third-order valence-corrected chi connectivity index (χ3v) is 2.37. The van der Waals surface area contributed by atoms with Crippen molar-refractivity contribution in [1.29, 1.82) is 0 Å². The fourth-order valence-electron chi connectivity index (χ4n) is 0.773. The number of aromatic nitrogens is 1. The third-order valence-electron chi connectivity index (χ3n) is 1.43. The summed E-state index contributed by atoms with van der Waals surface area (Å²) in [6.07, 6.45) is 1.48. The van der Waals surface area contributed by atoms with Gasteiger partial charge in [0.05, 0.1) is 18.4 Å². The van der Waals surface area contributed by atoms with E-state index in [9.17, 15) is 4.79 Å². The van der Waals surface area contributed by atoms with Gasteiger partial charge in [-0.25, -0.2) is 4.79 Å². The number of carbonyl (C=O) groups excluding carboxylic acids is 1. The average molecular weight is 345 g/mol. The SMILES string of the molecule is COC(=O)c1ccc(C(Br)Br)nc1.Cl. The molecular weight excluding hydrogens is 337 g/mol. The van der Waals surface area contributed by atoms with Gasteiger partial charge in [0.25, 0.3) is 0 Å². The van der Waals surface area contributed by atoms with Crippen LogP contribution in [-0.2, 0) is 4.74 Å². The van der Waals surface area contributed by atoms with Crippen LogP contribution in [0.25, 0.3) is 0 Å². The summed E-state index contributed by atoms with van der Waals surface area (Å²) in [6, 6.07) is 3.42. The number of hydrogen-bond acceptors (Lipinski definition) is 3. The molecule has 0 saturated carbocycles. The van der Waals surface area contributed by atoms with Gasteiger partial charge in [0.15, 0.2) is 0 Å². The summed E-state index contributed by atoms with van der Waals surface area (Å²) in [5.41, 5.74) is 1.26. The van der Waals surface area contributed by atoms with E-state index in [-0.39, 0.29) is 22.1 Å². The third kappa shape index (κ3) is 3.55. The number of ether oxygens (including phenoxy) is 1. The molecule has 0 spiro atoms. The predicted molar refractivity (Wildman–Crippen MR) is 63.4 cm³/mol. The second-order valence-electron chi connectivity index (χ2n) is 2.26. The van der Waals surface area contributed by atoms with Gasteiger partial charge in [-0.1, -0.05) is 31.9 Å². The molecule has 6 heteroatoms. The Bertz CT molecular complexity index is 303. The van der Waals surface area contributed by atoms with Gasteiger partial charge in [0.2, 0.25) is 0 Å². The summed E-state index contributed by atoms with van der Waals surface area (Å²) in [7, 11) is 1.34. The highest BCUT2D eigenvalue weighted by molar-refractivity contribution is 9.24. The predicted octanol–water partition coefficient (Wildman–Crippen LogP) is 3.08. The highest BCUT2D eigenvalue weighted by atomic mass is 79.9. The van der Waals surface area contributed by atoms with Crippen molar-refractivity contribution in [1.82, 2.24) is 4.98 Å². The van der Waals surface area contributed by atoms with Gasteiger partial charge < -0.3 is 4.74 Å². The molecule has 0 N–H and O–H groups in total. The molecule has 0 amide bonds. The first-order chi connectivity index (χ1) is 6.15. The van der Waals surface area contributed by atoms with Gasteiger partial charge in [-0.3, -0.25) is 4.98 Å². The Labute approximate surface area is 105 Å². The molecule has 1 rings (SSSR count). The molecule has 0 aliphatic carbocycles. The van der Waals surface area contributed by atoms with Crippen molar-refractivity contribution in [3.05, 3.63) is 29.6 Å². The molecule has 0 unspecified atom stereocenters. The minimum absolute atomic E-state index is 0. The van der Waals surface area contributed by atoms with E-state index in [4.69, 9.17) is 0 Å². The highest BCUT2D eigenvalue weighted by Gasteiger charge is 2.07. The topological polar surface area (TPSA) is 39.2 Å². The van der Waals surface area contributed by atoms with Crippen LogP contribution < -0.4 is 0 Å². The van der Waals surface area contributed by atoms with Crippen LogP contribution in [-0.4, -0.2) is 18.1 Å². The molecule has 14 heavy (non-hydrogen) atoms. The van der Waals surface area contributed by atoms with E-state index in [2.05, 4.69) is 41.6 Å². The number of esters is 1. The molecule has 0 atom stereocenters. The maximum absolute atomic E-state index is 11.0. The summed E-state index contributed by atoms with van der Waals surface area (Å²) < 4.78 is 4.54. The van der Waals surface area contributed by atoms with Crippen LogP contribution in [0.15, 0.2) is 18.3 Å². The number of carbonyl (C=O) groups is 1. The van der Waals surface area contributed by atoms with Crippen molar-refractivity contribution < 1.29 is 9.53 Å². The second kappa shape index (κ2) is 6.37. The number of methoxy groups -OCH3 is 1. The number of rotatable bonds is 2. The van der Waals surface area contributed by atoms with Crippen LogP contribution in [0.4, 0.5) is 0 Å². The molecule has 3 nitrogen and oxygen atoms in total. The molecule has 1 aromatic heterocycles. The Kier molecular flexibility index (Phi) is 6.31. The minimum Gasteiger partial charge on any atom is -0.465 e. The first-order valence-electron chi connectivity index (χ1n) is 3.47. The van der Waals surface area contributed by atoms with Crippen molar-refractivity contribution in [2.24, 2.45) is 0 Å². The zero-order valence-electron chi connectivity index (χ0n) is 7.24. The molecule has 0 aliphatic heterocycles. The van der Waals surface area contributed by atoms with E-state index in [1.54, 1.807) is 12.1 Å². The molecule has 0 bridgehead atoms. The lowest BCUT2D eigenvalue weighted by Gasteiger charge is -2.01. The normalized spacial score (nSPS) is 9.43. The fraction of sp³-hybridized carbons (Fsp3) is 0.250. The van der Waals surface area contributed by atoms with Crippen LogP contribution in [0.2, 0.25) is 0 Å². The molecule has 0 aliphatic rings. The maximum Gasteiger partial charge on any atom is 0.339 e. The quantitative estimate of drug-likeness (QED) is 0.611. The van der Waals surface area contributed by atoms with Gasteiger partial charge >= 0.3 is 5.97 Å². The van der Waals surface area contributed by atoms with E-state index in [1.165, 1.54) is 13.3 Å². The highest BCUT2D eigenvalue weighted by Crippen LogP contribution is 2.26. The Morgan fingerprint density at radius 1 is 1.50 bits per heavy atom. The number of hydrogen-bond donors (Lipinski definition) is 0. The first-order valence-corrected chi connectivity index (χ1v) is 5.30. The molecule has 0 fully saturated rings. The molecule has 0 radical (unpaired) electrons. The van der Waals surface area contributed by atoms with Crippen molar-refractivity contribution in [3.63, 3.8) is 0 Å². The summed E-state index contributed by atoms with van der Waals surface area (Å²) in [5, 5.41) is 0. The lowest BCUT2D eigenvalue weighted by atomic mass is 10.2. The largest absolute Gasteiger partial charge is 0.465 e. The molecule has 0 saturated heterocycles. The Balaban J connectivity index is 0.00000169. The molecule has 78 valence electrons. The van der Waals surface area contributed by atoms with Gasteiger partial charge in [0, 0.05) is 6.20 Å². The van der Waals surface area contributed by atoms with E-state index >= 15 is 0 Å². The Hall–Kier alpha value is -0.130. The fourth-order valence-corrected chi connectivity index (χ4v) is 1.31. The smallest absolute Gasteiger partial charge is 0.339 e. The van der Waals surface area contributed by atoms with Gasteiger partial charge in [0.1, 0.15) is 3.74 Å². The Morgan fingerprint density at radius 3 is 2.50 bits per heavy atom. The zero-order chi connectivity index (χ0) is 9.84. The van der Waals surface area contributed by atoms with E-state index in [0.717, 1.165) is 5.69 Å². The average Bonchev–Trinajstić information content (AvgIpc) is 2.17. The summed E-state index contributed by atoms with van der Waals surface area (Å²) in [5.74, 6) is -0.375. The second-order valence-corrected chi connectivity index (χ2v) is 5.32. The van der Waals surface area contributed by atoms with Crippen LogP contribution in [0.1, 0.15) is 19.8 Å². The number of pyridine rings is 1. The van der Waals surface area contributed by atoms with Crippen molar-refractivity contribution >= 4 is 50.2 Å². The van der Waals surface area contributed by atoms with Crippen LogP contribution in [0, 0.1) is 0 Å². The van der Waals surface area contributed by atoms with Crippen LogP contribution in [0.3, 0.4) is 0 Å². The van der Waals surface area contributed by atoms with Gasteiger partial charge in [-0.15, -0.1) is 12.4 Å². The first kappa shape index (κ1) is 13.9. The monoisotopic (exact) mass is 343 g/mol. The standard InChI is InChI=1S/C8H7Br2NO2.ClH/c1-13-8(12)5-2-3-6(7(9)10)11-4-5;/h2-4,7H,1H3;1H.